The number of benzene rings is 2. The van der Waals surface area contributed by atoms with Crippen LogP contribution in [0.5, 0.6) is 0 Å². The van der Waals surface area contributed by atoms with Crippen LogP contribution in [0.25, 0.3) is 0 Å². The van der Waals surface area contributed by atoms with Crippen molar-refractivity contribution in [3.05, 3.63) is 63.0 Å². The number of nitrogens with one attached hydrogen (secondary N) is 1. The summed E-state index contributed by atoms with van der Waals surface area (Å²) in [6.45, 7) is 0.437. The van der Waals surface area contributed by atoms with Crippen molar-refractivity contribution in [2.45, 2.75) is 4.90 Å². The highest BCUT2D eigenvalue weighted by molar-refractivity contribution is 7.91. The van der Waals surface area contributed by atoms with Gasteiger partial charge in [0.25, 0.3) is 0 Å². The Morgan fingerprint density at radius 3 is 2.32 bits per heavy atom. The Morgan fingerprint density at radius 1 is 1.13 bits per heavy atom. The molecule has 31 heavy (non-hydrogen) atoms. The summed E-state index contributed by atoms with van der Waals surface area (Å²) >= 11 is 13.3. The van der Waals surface area contributed by atoms with E-state index in [0.717, 1.165) is 11.3 Å². The predicted octanol–water partition coefficient (Wildman–Crippen LogP) is 4.34. The van der Waals surface area contributed by atoms with Gasteiger partial charge < -0.3 is 16.0 Å². The molecule has 0 bridgehead atoms. The molecule has 3 aromatic rings. The minimum absolute atomic E-state index is 0.0336. The molecule has 0 unspecified atom stereocenters. The van der Waals surface area contributed by atoms with E-state index in [4.69, 9.17) is 28.9 Å². The minimum atomic E-state index is -3.37. The van der Waals surface area contributed by atoms with Gasteiger partial charge in [-0.05, 0) is 50.5 Å². The van der Waals surface area contributed by atoms with E-state index in [0.29, 0.717) is 17.4 Å². The zero-order valence-corrected chi connectivity index (χ0v) is 19.9. The van der Waals surface area contributed by atoms with Crippen molar-refractivity contribution in [2.75, 3.05) is 37.4 Å². The second-order valence-electron chi connectivity index (χ2n) is 6.93. The van der Waals surface area contributed by atoms with Crippen molar-refractivity contribution in [1.82, 2.24) is 9.88 Å². The molecule has 0 saturated heterocycles. The van der Waals surface area contributed by atoms with E-state index in [9.17, 15) is 13.2 Å². The molecule has 0 radical (unpaired) electrons. The maximum Gasteiger partial charge on any atom is 0.209 e. The molecule has 0 atom stereocenters. The highest BCUT2D eigenvalue weighted by atomic mass is 35.5. The summed E-state index contributed by atoms with van der Waals surface area (Å²) in [5, 5.41) is 3.87. The zero-order valence-electron chi connectivity index (χ0n) is 16.7. The van der Waals surface area contributed by atoms with E-state index in [1.807, 2.05) is 19.0 Å². The Bertz CT molecular complexity index is 1190. The first-order chi connectivity index (χ1) is 14.6. The highest BCUT2D eigenvalue weighted by Crippen LogP contribution is 2.34. The van der Waals surface area contributed by atoms with Crippen LogP contribution < -0.4 is 11.1 Å². The summed E-state index contributed by atoms with van der Waals surface area (Å²) in [6, 6.07) is 11.1. The summed E-state index contributed by atoms with van der Waals surface area (Å²) in [7, 11) is 0.271. The van der Waals surface area contributed by atoms with Crippen LogP contribution in [0.2, 0.25) is 10.0 Å². The Morgan fingerprint density at radius 2 is 1.74 bits per heavy atom. The highest BCUT2D eigenvalue weighted by Gasteiger charge is 2.22. The predicted molar refractivity (Wildman–Crippen MR) is 127 cm³/mol. The number of nitrogens with zero attached hydrogens (tertiary/aromatic N) is 2. The number of carbonyl (C=O) groups excluding carboxylic acids is 1. The normalized spacial score (nSPS) is 11.6. The first-order valence-electron chi connectivity index (χ1n) is 9.08. The first-order valence-corrected chi connectivity index (χ1v) is 12.3. The van der Waals surface area contributed by atoms with Crippen molar-refractivity contribution in [3.8, 4) is 0 Å². The second kappa shape index (κ2) is 9.54. The third kappa shape index (κ3) is 5.55. The van der Waals surface area contributed by atoms with Gasteiger partial charge in [0.05, 0.1) is 26.3 Å². The van der Waals surface area contributed by atoms with Crippen LogP contribution in [0.4, 0.5) is 16.6 Å². The largest absolute Gasteiger partial charge is 0.382 e. The molecule has 0 saturated carbocycles. The van der Waals surface area contributed by atoms with E-state index in [1.165, 1.54) is 12.1 Å². The smallest absolute Gasteiger partial charge is 0.209 e. The SMILES string of the molecule is CN(C)CCS(=O)(=O)c1ccc(Nc2nc(N)c(C(=O)c3c(Cl)cccc3Cl)s2)cc1. The zero-order chi connectivity index (χ0) is 22.8. The van der Waals surface area contributed by atoms with Crippen molar-refractivity contribution < 1.29 is 13.2 Å². The van der Waals surface area contributed by atoms with E-state index < -0.39 is 15.6 Å². The molecule has 0 aliphatic rings. The molecular formula is C20H20Cl2N4O3S2. The number of halogens is 2. The number of nitrogen functional groups attached to an aromatic ring is 1. The van der Waals surface area contributed by atoms with Crippen LogP contribution in [-0.2, 0) is 9.84 Å². The summed E-state index contributed by atoms with van der Waals surface area (Å²) in [6.07, 6.45) is 0. The number of thiazole rings is 1. The molecule has 1 aromatic heterocycles. The quantitative estimate of drug-likeness (QED) is 0.444. The van der Waals surface area contributed by atoms with Gasteiger partial charge in [-0.15, -0.1) is 0 Å². The number of aromatic nitrogens is 1. The number of hydrogen-bond donors (Lipinski definition) is 2. The van der Waals surface area contributed by atoms with E-state index in [1.54, 1.807) is 30.3 Å². The Hall–Kier alpha value is -2.17. The van der Waals surface area contributed by atoms with E-state index >= 15 is 0 Å². The van der Waals surface area contributed by atoms with Gasteiger partial charge in [-0.3, -0.25) is 4.79 Å². The molecule has 0 aliphatic heterocycles. The van der Waals surface area contributed by atoms with Gasteiger partial charge in [-0.25, -0.2) is 13.4 Å². The fourth-order valence-corrected chi connectivity index (χ4v) is 5.48. The molecular weight excluding hydrogens is 479 g/mol. The molecule has 7 nitrogen and oxygen atoms in total. The number of sulfone groups is 1. The van der Waals surface area contributed by atoms with Gasteiger partial charge in [0.15, 0.2) is 15.0 Å². The molecule has 3 rings (SSSR count). The second-order valence-corrected chi connectivity index (χ2v) is 10.9. The van der Waals surface area contributed by atoms with Crippen LogP contribution >= 0.6 is 34.5 Å². The average Bonchev–Trinajstić information content (AvgIpc) is 3.06. The molecule has 0 spiro atoms. The number of anilines is 3. The van der Waals surface area contributed by atoms with Crippen LogP contribution in [0.15, 0.2) is 47.4 Å². The third-order valence-corrected chi connectivity index (χ3v) is 7.65. The van der Waals surface area contributed by atoms with Crippen LogP contribution in [0.1, 0.15) is 15.2 Å². The lowest BCUT2D eigenvalue weighted by atomic mass is 10.1. The maximum absolute atomic E-state index is 12.9. The van der Waals surface area contributed by atoms with Gasteiger partial charge >= 0.3 is 0 Å². The van der Waals surface area contributed by atoms with Gasteiger partial charge in [0.1, 0.15) is 10.7 Å². The standard InChI is InChI=1S/C20H20Cl2N4O3S2/c1-26(2)10-11-31(28,29)13-8-6-12(7-9-13)24-20-25-19(23)18(30-20)17(27)16-14(21)4-3-5-15(16)22/h3-9H,10-11,23H2,1-2H3,(H,24,25). The number of rotatable bonds is 8. The van der Waals surface area contributed by atoms with Crippen LogP contribution in [0.3, 0.4) is 0 Å². The number of carbonyl (C=O) groups is 1. The molecule has 2 aromatic carbocycles. The van der Waals surface area contributed by atoms with Crippen molar-refractivity contribution in [2.24, 2.45) is 0 Å². The lowest BCUT2D eigenvalue weighted by Crippen LogP contribution is -2.21. The molecule has 0 fully saturated rings. The first kappa shape index (κ1) is 23.5. The summed E-state index contributed by atoms with van der Waals surface area (Å²) in [5.74, 6) is -0.330. The summed E-state index contributed by atoms with van der Waals surface area (Å²) in [4.78, 5) is 19.3. The fraction of sp³-hybridized carbons (Fsp3) is 0.200. The van der Waals surface area contributed by atoms with Gasteiger partial charge in [0.2, 0.25) is 5.78 Å². The lowest BCUT2D eigenvalue weighted by Gasteiger charge is -2.10. The van der Waals surface area contributed by atoms with Crippen molar-refractivity contribution in [3.63, 3.8) is 0 Å². The van der Waals surface area contributed by atoms with Gasteiger partial charge in [-0.2, -0.15) is 0 Å². The monoisotopic (exact) mass is 498 g/mol. The van der Waals surface area contributed by atoms with Crippen molar-refractivity contribution in [1.29, 1.82) is 0 Å². The average molecular weight is 499 g/mol. The Kier molecular flexibility index (Phi) is 7.23. The number of ketones is 1. The summed E-state index contributed by atoms with van der Waals surface area (Å²) < 4.78 is 24.8. The molecule has 1 heterocycles. The Balaban J connectivity index is 1.78. The molecule has 11 heteroatoms. The molecule has 0 amide bonds. The van der Waals surface area contributed by atoms with Crippen LogP contribution in [0, 0.1) is 0 Å². The number of nitrogens with two attached hydrogens (primary N) is 1. The maximum atomic E-state index is 12.9. The van der Waals surface area contributed by atoms with Gasteiger partial charge in [-0.1, -0.05) is 40.6 Å². The minimum Gasteiger partial charge on any atom is -0.382 e. The number of hydrogen-bond acceptors (Lipinski definition) is 8. The molecule has 3 N–H and O–H groups in total. The summed E-state index contributed by atoms with van der Waals surface area (Å²) in [5.41, 5.74) is 6.71. The van der Waals surface area contributed by atoms with E-state index in [2.05, 4.69) is 10.3 Å². The van der Waals surface area contributed by atoms with Crippen LogP contribution in [-0.4, -0.2) is 50.5 Å². The molecule has 164 valence electrons. The third-order valence-electron chi connectivity index (χ3n) is 4.32. The molecule has 0 aliphatic carbocycles. The Labute approximate surface area is 194 Å². The van der Waals surface area contributed by atoms with E-state index in [-0.39, 0.29) is 37.0 Å². The van der Waals surface area contributed by atoms with Gasteiger partial charge in [0, 0.05) is 12.2 Å². The van der Waals surface area contributed by atoms with Crippen molar-refractivity contribution >= 4 is 66.8 Å². The lowest BCUT2D eigenvalue weighted by molar-refractivity contribution is 0.104. The topological polar surface area (TPSA) is 105 Å². The fourth-order valence-electron chi connectivity index (χ4n) is 2.67.